The SMILES string of the molecule is CCOC(=O)c1cc(C#N)c(I)cc1I. The van der Waals surface area contributed by atoms with Gasteiger partial charge in [0.25, 0.3) is 0 Å². The van der Waals surface area contributed by atoms with Gasteiger partial charge in [0.2, 0.25) is 0 Å². The van der Waals surface area contributed by atoms with Gasteiger partial charge in [-0.2, -0.15) is 5.26 Å². The number of halogens is 2. The molecule has 0 saturated heterocycles. The molecule has 3 nitrogen and oxygen atoms in total. The summed E-state index contributed by atoms with van der Waals surface area (Å²) >= 11 is 4.13. The van der Waals surface area contributed by atoms with Crippen LogP contribution in [-0.2, 0) is 4.74 Å². The third kappa shape index (κ3) is 3.04. The summed E-state index contributed by atoms with van der Waals surface area (Å²) in [6, 6.07) is 5.41. The zero-order chi connectivity index (χ0) is 11.4. The second-order valence-corrected chi connectivity index (χ2v) is 4.97. The molecule has 0 spiro atoms. The lowest BCUT2D eigenvalue weighted by molar-refractivity contribution is 0.0525. The van der Waals surface area contributed by atoms with Crippen molar-refractivity contribution in [3.63, 3.8) is 0 Å². The summed E-state index contributed by atoms with van der Waals surface area (Å²) < 4.78 is 6.53. The molecule has 0 amide bonds. The third-order valence-electron chi connectivity index (χ3n) is 1.67. The molecule has 0 N–H and O–H groups in total. The van der Waals surface area contributed by atoms with E-state index >= 15 is 0 Å². The fourth-order valence-electron chi connectivity index (χ4n) is 1.000. The van der Waals surface area contributed by atoms with E-state index in [4.69, 9.17) is 10.00 Å². The molecule has 0 aliphatic carbocycles. The average molecular weight is 427 g/mol. The second kappa shape index (κ2) is 5.65. The van der Waals surface area contributed by atoms with E-state index in [9.17, 15) is 4.79 Å². The first-order valence-corrected chi connectivity index (χ1v) is 6.32. The smallest absolute Gasteiger partial charge is 0.339 e. The lowest BCUT2D eigenvalue weighted by atomic mass is 10.1. The highest BCUT2D eigenvalue weighted by Gasteiger charge is 2.13. The molecule has 1 aromatic carbocycles. The Balaban J connectivity index is 3.20. The lowest BCUT2D eigenvalue weighted by Gasteiger charge is -2.05. The van der Waals surface area contributed by atoms with Crippen LogP contribution in [0.5, 0.6) is 0 Å². The minimum atomic E-state index is -0.380. The third-order valence-corrected chi connectivity index (χ3v) is 3.46. The van der Waals surface area contributed by atoms with Crippen molar-refractivity contribution in [1.82, 2.24) is 0 Å². The van der Waals surface area contributed by atoms with Gasteiger partial charge in [-0.1, -0.05) is 0 Å². The largest absolute Gasteiger partial charge is 0.462 e. The number of hydrogen-bond acceptors (Lipinski definition) is 3. The molecular formula is C10H7I2NO2. The summed E-state index contributed by atoms with van der Waals surface area (Å²) in [5.74, 6) is -0.380. The van der Waals surface area contributed by atoms with E-state index in [0.29, 0.717) is 17.7 Å². The minimum absolute atomic E-state index is 0.336. The number of hydrogen-bond donors (Lipinski definition) is 0. The van der Waals surface area contributed by atoms with E-state index in [2.05, 4.69) is 45.2 Å². The first kappa shape index (κ1) is 12.7. The van der Waals surface area contributed by atoms with Gasteiger partial charge in [0.1, 0.15) is 6.07 Å². The summed E-state index contributed by atoms with van der Waals surface area (Å²) in [5.41, 5.74) is 0.952. The van der Waals surface area contributed by atoms with Crippen LogP contribution < -0.4 is 0 Å². The molecule has 0 unspecified atom stereocenters. The summed E-state index contributed by atoms with van der Waals surface area (Å²) in [7, 11) is 0. The van der Waals surface area contributed by atoms with Crippen molar-refractivity contribution >= 4 is 51.2 Å². The molecule has 0 aliphatic rings. The number of benzene rings is 1. The van der Waals surface area contributed by atoms with Gasteiger partial charge in [0.15, 0.2) is 0 Å². The van der Waals surface area contributed by atoms with Crippen LogP contribution in [0.3, 0.4) is 0 Å². The van der Waals surface area contributed by atoms with Crippen LogP contribution in [-0.4, -0.2) is 12.6 Å². The number of carbonyl (C=O) groups excluding carboxylic acids is 1. The predicted molar refractivity (Wildman–Crippen MR) is 72.5 cm³/mol. The Labute approximate surface area is 115 Å². The van der Waals surface area contributed by atoms with E-state index in [1.807, 2.05) is 6.07 Å². The Hall–Kier alpha value is -0.360. The molecule has 1 rings (SSSR count). The van der Waals surface area contributed by atoms with Crippen molar-refractivity contribution in [3.8, 4) is 6.07 Å². The molecule has 15 heavy (non-hydrogen) atoms. The topological polar surface area (TPSA) is 50.1 Å². The maximum atomic E-state index is 11.5. The van der Waals surface area contributed by atoms with Gasteiger partial charge in [-0.3, -0.25) is 0 Å². The van der Waals surface area contributed by atoms with Crippen LogP contribution in [0.4, 0.5) is 0 Å². The highest BCUT2D eigenvalue weighted by atomic mass is 127. The fourth-order valence-corrected chi connectivity index (χ4v) is 2.87. The molecule has 5 heteroatoms. The Kier molecular flexibility index (Phi) is 4.79. The van der Waals surface area contributed by atoms with Gasteiger partial charge < -0.3 is 4.74 Å². The predicted octanol–water partition coefficient (Wildman–Crippen LogP) is 2.94. The zero-order valence-corrected chi connectivity index (χ0v) is 12.2. The Morgan fingerprint density at radius 3 is 2.67 bits per heavy atom. The molecule has 0 fully saturated rings. The van der Waals surface area contributed by atoms with Gasteiger partial charge in [0, 0.05) is 7.14 Å². The van der Waals surface area contributed by atoms with Crippen LogP contribution in [0.1, 0.15) is 22.8 Å². The second-order valence-electron chi connectivity index (χ2n) is 2.64. The van der Waals surface area contributed by atoms with E-state index in [-0.39, 0.29) is 5.97 Å². The summed E-state index contributed by atoms with van der Waals surface area (Å²) in [5, 5.41) is 8.84. The van der Waals surface area contributed by atoms with Crippen LogP contribution in [0.25, 0.3) is 0 Å². The first-order chi connectivity index (χ1) is 7.10. The molecule has 0 heterocycles. The number of carbonyl (C=O) groups is 1. The van der Waals surface area contributed by atoms with Gasteiger partial charge in [-0.05, 0) is 64.2 Å². The van der Waals surface area contributed by atoms with Crippen LogP contribution >= 0.6 is 45.2 Å². The van der Waals surface area contributed by atoms with E-state index < -0.39 is 0 Å². The summed E-state index contributed by atoms with van der Waals surface area (Å²) in [4.78, 5) is 11.5. The van der Waals surface area contributed by atoms with Crippen LogP contribution in [0.15, 0.2) is 12.1 Å². The zero-order valence-electron chi connectivity index (χ0n) is 7.88. The first-order valence-electron chi connectivity index (χ1n) is 4.16. The van der Waals surface area contributed by atoms with Crippen LogP contribution in [0.2, 0.25) is 0 Å². The van der Waals surface area contributed by atoms with E-state index in [1.54, 1.807) is 19.1 Å². The molecule has 78 valence electrons. The molecular weight excluding hydrogens is 420 g/mol. The van der Waals surface area contributed by atoms with Gasteiger partial charge in [-0.25, -0.2) is 4.79 Å². The normalized spacial score (nSPS) is 9.47. The summed E-state index contributed by atoms with van der Waals surface area (Å²) in [6.45, 7) is 2.09. The number of rotatable bonds is 2. The standard InChI is InChI=1S/C10H7I2NO2/c1-2-15-10(14)7-3-6(5-13)8(11)4-9(7)12/h3-4H,2H2,1H3. The van der Waals surface area contributed by atoms with Gasteiger partial charge in [-0.15, -0.1) is 0 Å². The van der Waals surface area contributed by atoms with Crippen molar-refractivity contribution in [2.24, 2.45) is 0 Å². The molecule has 0 saturated carbocycles. The maximum absolute atomic E-state index is 11.5. The molecule has 0 aliphatic heterocycles. The van der Waals surface area contributed by atoms with Crippen molar-refractivity contribution in [1.29, 1.82) is 5.26 Å². The molecule has 1 aromatic rings. The van der Waals surface area contributed by atoms with Crippen molar-refractivity contribution in [3.05, 3.63) is 30.4 Å². The highest BCUT2D eigenvalue weighted by Crippen LogP contribution is 2.20. The Bertz CT molecular complexity index is 438. The number of esters is 1. The number of ether oxygens (including phenoxy) is 1. The Morgan fingerprint density at radius 2 is 2.13 bits per heavy atom. The summed E-state index contributed by atoms with van der Waals surface area (Å²) in [6.07, 6.45) is 0. The van der Waals surface area contributed by atoms with Crippen molar-refractivity contribution < 1.29 is 9.53 Å². The quantitative estimate of drug-likeness (QED) is 0.539. The molecule has 0 aromatic heterocycles. The van der Waals surface area contributed by atoms with Crippen molar-refractivity contribution in [2.45, 2.75) is 6.92 Å². The fraction of sp³-hybridized carbons (Fsp3) is 0.200. The molecule has 0 radical (unpaired) electrons. The number of nitriles is 1. The Morgan fingerprint density at radius 1 is 1.47 bits per heavy atom. The highest BCUT2D eigenvalue weighted by molar-refractivity contribution is 14.1. The molecule has 0 atom stereocenters. The van der Waals surface area contributed by atoms with Crippen LogP contribution in [0, 0.1) is 18.5 Å². The maximum Gasteiger partial charge on any atom is 0.339 e. The minimum Gasteiger partial charge on any atom is -0.462 e. The average Bonchev–Trinajstić information content (AvgIpc) is 2.18. The molecule has 0 bridgehead atoms. The van der Waals surface area contributed by atoms with E-state index in [0.717, 1.165) is 7.14 Å². The van der Waals surface area contributed by atoms with Gasteiger partial charge >= 0.3 is 5.97 Å². The van der Waals surface area contributed by atoms with Crippen molar-refractivity contribution in [2.75, 3.05) is 6.61 Å². The van der Waals surface area contributed by atoms with E-state index in [1.165, 1.54) is 0 Å². The monoisotopic (exact) mass is 427 g/mol. The lowest BCUT2D eigenvalue weighted by Crippen LogP contribution is -2.07. The van der Waals surface area contributed by atoms with Gasteiger partial charge in [0.05, 0.1) is 17.7 Å². The number of nitrogens with zero attached hydrogens (tertiary/aromatic N) is 1.